The van der Waals surface area contributed by atoms with E-state index in [9.17, 15) is 4.79 Å². The average molecular weight is 308 g/mol. The number of rotatable bonds is 6. The van der Waals surface area contributed by atoms with Crippen molar-refractivity contribution < 1.29 is 9.53 Å². The van der Waals surface area contributed by atoms with E-state index in [0.29, 0.717) is 22.6 Å². The molecule has 116 valence electrons. The Kier molecular flexibility index (Phi) is 5.39. The van der Waals surface area contributed by atoms with E-state index in [4.69, 9.17) is 10.5 Å². The maximum Gasteiger partial charge on any atom is 0.338 e. The minimum atomic E-state index is -0.327. The summed E-state index contributed by atoms with van der Waals surface area (Å²) in [6, 6.07) is 5.31. The average Bonchev–Trinajstić information content (AvgIpc) is 2.95. The Balaban J connectivity index is 2.02. The van der Waals surface area contributed by atoms with Crippen LogP contribution in [0.5, 0.6) is 0 Å². The van der Waals surface area contributed by atoms with Crippen molar-refractivity contribution in [3.05, 3.63) is 23.8 Å². The molecular weight excluding hydrogens is 284 g/mol. The number of esters is 1. The number of carbonyl (C=O) groups excluding carboxylic acids is 1. The molecule has 0 spiro atoms. The van der Waals surface area contributed by atoms with E-state index in [1.165, 1.54) is 25.7 Å². The highest BCUT2D eigenvalue weighted by Gasteiger charge is 2.32. The van der Waals surface area contributed by atoms with E-state index in [2.05, 4.69) is 11.6 Å². The highest BCUT2D eigenvalue weighted by Crippen LogP contribution is 2.40. The normalized spacial score (nSPS) is 16.7. The quantitative estimate of drug-likeness (QED) is 0.621. The molecule has 2 rings (SSSR count). The van der Waals surface area contributed by atoms with Crippen molar-refractivity contribution in [1.29, 1.82) is 0 Å². The van der Waals surface area contributed by atoms with Crippen molar-refractivity contribution in [3.8, 4) is 0 Å². The first kappa shape index (κ1) is 16.0. The van der Waals surface area contributed by atoms with Crippen molar-refractivity contribution in [3.63, 3.8) is 0 Å². The predicted octanol–water partition coefficient (Wildman–Crippen LogP) is 3.53. The van der Waals surface area contributed by atoms with Crippen LogP contribution in [0.4, 0.5) is 11.4 Å². The molecule has 0 bridgehead atoms. The van der Waals surface area contributed by atoms with Gasteiger partial charge in [-0.05, 0) is 44.2 Å². The molecule has 21 heavy (non-hydrogen) atoms. The van der Waals surface area contributed by atoms with E-state index in [1.54, 1.807) is 19.1 Å². The molecule has 1 aliphatic carbocycles. The highest BCUT2D eigenvalue weighted by atomic mass is 32.2. The summed E-state index contributed by atoms with van der Waals surface area (Å²) in [5, 5.41) is 3.45. The first-order chi connectivity index (χ1) is 10.1. The van der Waals surface area contributed by atoms with Crippen LogP contribution in [0.3, 0.4) is 0 Å². The van der Waals surface area contributed by atoms with Gasteiger partial charge in [0.15, 0.2) is 0 Å². The van der Waals surface area contributed by atoms with Crippen molar-refractivity contribution in [2.75, 3.05) is 30.5 Å². The van der Waals surface area contributed by atoms with Crippen LogP contribution < -0.4 is 11.1 Å². The molecule has 5 heteroatoms. The van der Waals surface area contributed by atoms with Crippen LogP contribution >= 0.6 is 11.8 Å². The number of nitrogens with two attached hydrogens (primary N) is 1. The molecular formula is C16H24N2O2S. The minimum Gasteiger partial charge on any atom is -0.462 e. The summed E-state index contributed by atoms with van der Waals surface area (Å²) in [5.74, 6) is -0.327. The van der Waals surface area contributed by atoms with Gasteiger partial charge in [0.1, 0.15) is 0 Å². The van der Waals surface area contributed by atoms with Gasteiger partial charge in [0.05, 0.1) is 23.5 Å². The Hall–Kier alpha value is -1.36. The number of anilines is 2. The van der Waals surface area contributed by atoms with Crippen LogP contribution in [-0.4, -0.2) is 30.1 Å². The van der Waals surface area contributed by atoms with Gasteiger partial charge in [0.25, 0.3) is 0 Å². The molecule has 0 amide bonds. The van der Waals surface area contributed by atoms with Crippen LogP contribution in [0.15, 0.2) is 18.2 Å². The van der Waals surface area contributed by atoms with Crippen molar-refractivity contribution in [2.45, 2.75) is 37.4 Å². The van der Waals surface area contributed by atoms with E-state index in [1.807, 2.05) is 17.8 Å². The van der Waals surface area contributed by atoms with Crippen LogP contribution in [0, 0.1) is 0 Å². The third kappa shape index (κ3) is 3.84. The fourth-order valence-corrected chi connectivity index (χ4v) is 3.71. The van der Waals surface area contributed by atoms with Gasteiger partial charge >= 0.3 is 5.97 Å². The molecule has 0 atom stereocenters. The number of nitrogens with one attached hydrogen (secondary N) is 1. The lowest BCUT2D eigenvalue weighted by Gasteiger charge is -2.27. The molecule has 0 aliphatic heterocycles. The second-order valence-electron chi connectivity index (χ2n) is 5.47. The SMILES string of the molecule is CCOC(=O)c1ccc(NCC2(SC)CCCC2)c(N)c1. The molecule has 0 saturated heterocycles. The number of hydrogen-bond acceptors (Lipinski definition) is 5. The zero-order valence-corrected chi connectivity index (χ0v) is 13.6. The molecule has 1 aliphatic rings. The van der Waals surface area contributed by atoms with Gasteiger partial charge in [-0.2, -0.15) is 11.8 Å². The summed E-state index contributed by atoms with van der Waals surface area (Å²) in [4.78, 5) is 11.7. The van der Waals surface area contributed by atoms with Gasteiger partial charge in [-0.1, -0.05) is 12.8 Å². The summed E-state index contributed by atoms with van der Waals surface area (Å²) >= 11 is 1.94. The zero-order valence-electron chi connectivity index (χ0n) is 12.8. The number of hydrogen-bond donors (Lipinski definition) is 2. The van der Waals surface area contributed by atoms with E-state index in [0.717, 1.165) is 12.2 Å². The van der Waals surface area contributed by atoms with Crippen molar-refractivity contribution in [1.82, 2.24) is 0 Å². The third-order valence-corrected chi connectivity index (χ3v) is 5.53. The Bertz CT molecular complexity index is 499. The predicted molar refractivity (Wildman–Crippen MR) is 90.0 cm³/mol. The molecule has 1 aromatic rings. The largest absolute Gasteiger partial charge is 0.462 e. The maximum atomic E-state index is 11.7. The third-order valence-electron chi connectivity index (χ3n) is 4.11. The van der Waals surface area contributed by atoms with Crippen LogP contribution in [0.1, 0.15) is 43.0 Å². The Morgan fingerprint density at radius 1 is 1.43 bits per heavy atom. The fraction of sp³-hybridized carbons (Fsp3) is 0.562. The van der Waals surface area contributed by atoms with E-state index < -0.39 is 0 Å². The smallest absolute Gasteiger partial charge is 0.338 e. The number of nitrogen functional groups attached to an aromatic ring is 1. The molecule has 4 nitrogen and oxygen atoms in total. The summed E-state index contributed by atoms with van der Waals surface area (Å²) in [5.41, 5.74) is 8.03. The maximum absolute atomic E-state index is 11.7. The molecule has 1 aromatic carbocycles. The first-order valence-corrected chi connectivity index (χ1v) is 8.68. The van der Waals surface area contributed by atoms with Crippen LogP contribution in [0.2, 0.25) is 0 Å². The van der Waals surface area contributed by atoms with Gasteiger partial charge < -0.3 is 15.8 Å². The van der Waals surface area contributed by atoms with E-state index in [-0.39, 0.29) is 5.97 Å². The second-order valence-corrected chi connectivity index (χ2v) is 6.74. The summed E-state index contributed by atoms with van der Waals surface area (Å²) < 4.78 is 5.30. The number of benzene rings is 1. The monoisotopic (exact) mass is 308 g/mol. The van der Waals surface area contributed by atoms with Gasteiger partial charge in [-0.3, -0.25) is 0 Å². The minimum absolute atomic E-state index is 0.326. The molecule has 3 N–H and O–H groups in total. The standard InChI is InChI=1S/C16H24N2O2S/c1-3-20-15(19)12-6-7-14(13(17)10-12)18-11-16(21-2)8-4-5-9-16/h6-7,10,18H,3-5,8-9,11,17H2,1-2H3. The lowest BCUT2D eigenvalue weighted by molar-refractivity contribution is 0.0526. The second kappa shape index (κ2) is 7.07. The van der Waals surface area contributed by atoms with E-state index >= 15 is 0 Å². The first-order valence-electron chi connectivity index (χ1n) is 7.46. The fourth-order valence-electron chi connectivity index (χ4n) is 2.79. The Morgan fingerprint density at radius 2 is 2.14 bits per heavy atom. The highest BCUT2D eigenvalue weighted by molar-refractivity contribution is 8.00. The summed E-state index contributed by atoms with van der Waals surface area (Å²) in [6.45, 7) is 3.08. The van der Waals surface area contributed by atoms with Crippen molar-refractivity contribution in [2.24, 2.45) is 0 Å². The molecule has 0 unspecified atom stereocenters. The lowest BCUT2D eigenvalue weighted by atomic mass is 10.1. The molecule has 1 fully saturated rings. The van der Waals surface area contributed by atoms with Crippen LogP contribution in [-0.2, 0) is 4.74 Å². The van der Waals surface area contributed by atoms with Gasteiger partial charge in [-0.15, -0.1) is 0 Å². The lowest BCUT2D eigenvalue weighted by Crippen LogP contribution is -2.30. The summed E-state index contributed by atoms with van der Waals surface area (Å²) in [6.07, 6.45) is 7.30. The Morgan fingerprint density at radius 3 is 2.71 bits per heavy atom. The molecule has 0 aromatic heterocycles. The van der Waals surface area contributed by atoms with Gasteiger partial charge in [0, 0.05) is 11.3 Å². The zero-order chi connectivity index (χ0) is 15.3. The molecule has 1 saturated carbocycles. The number of thioether (sulfide) groups is 1. The van der Waals surface area contributed by atoms with Crippen LogP contribution in [0.25, 0.3) is 0 Å². The topological polar surface area (TPSA) is 64.3 Å². The number of ether oxygens (including phenoxy) is 1. The molecule has 0 radical (unpaired) electrons. The summed E-state index contributed by atoms with van der Waals surface area (Å²) in [7, 11) is 0. The number of carbonyl (C=O) groups is 1. The van der Waals surface area contributed by atoms with Gasteiger partial charge in [-0.25, -0.2) is 4.79 Å². The molecule has 0 heterocycles. The van der Waals surface area contributed by atoms with Crippen molar-refractivity contribution >= 4 is 29.1 Å². The van der Waals surface area contributed by atoms with Gasteiger partial charge in [0.2, 0.25) is 0 Å². The Labute approximate surface area is 130 Å².